The van der Waals surface area contributed by atoms with Crippen molar-refractivity contribution in [3.8, 4) is 0 Å². The van der Waals surface area contributed by atoms with Gasteiger partial charge in [-0.2, -0.15) is 13.2 Å². The number of halogens is 4. The molecular formula is C13H19ClF3N3. The number of anilines is 1. The normalized spacial score (nSPS) is 11.8. The van der Waals surface area contributed by atoms with Crippen molar-refractivity contribution >= 4 is 17.4 Å². The van der Waals surface area contributed by atoms with Crippen molar-refractivity contribution in [3.63, 3.8) is 0 Å². The molecule has 0 saturated carbocycles. The average Bonchev–Trinajstić information content (AvgIpc) is 2.32. The zero-order valence-corrected chi connectivity index (χ0v) is 12.6. The molecule has 1 aromatic heterocycles. The maximum Gasteiger partial charge on any atom is 0.405 e. The van der Waals surface area contributed by atoms with E-state index in [2.05, 4.69) is 9.97 Å². The van der Waals surface area contributed by atoms with Crippen LogP contribution >= 0.6 is 11.6 Å². The first kappa shape index (κ1) is 17.0. The lowest BCUT2D eigenvalue weighted by atomic mass is 10.2. The number of hydrogen-bond acceptors (Lipinski definition) is 3. The molecule has 0 aliphatic carbocycles. The first-order valence-electron chi connectivity index (χ1n) is 6.63. The van der Waals surface area contributed by atoms with Gasteiger partial charge in [-0.05, 0) is 19.8 Å². The van der Waals surface area contributed by atoms with Gasteiger partial charge in [0.15, 0.2) is 0 Å². The molecule has 0 saturated heterocycles. The highest BCUT2D eigenvalue weighted by atomic mass is 35.5. The molecule has 0 bridgehead atoms. The summed E-state index contributed by atoms with van der Waals surface area (Å²) in [7, 11) is 0. The van der Waals surface area contributed by atoms with Crippen LogP contribution in [0.2, 0.25) is 5.15 Å². The van der Waals surface area contributed by atoms with Gasteiger partial charge in [-0.25, -0.2) is 9.97 Å². The minimum Gasteiger partial charge on any atom is -0.347 e. The van der Waals surface area contributed by atoms with Crippen LogP contribution in [-0.4, -0.2) is 29.2 Å². The summed E-state index contributed by atoms with van der Waals surface area (Å²) in [4.78, 5) is 9.59. The Balaban J connectivity index is 3.17. The summed E-state index contributed by atoms with van der Waals surface area (Å²) in [5, 5.41) is 0.224. The molecule has 1 aromatic rings. The maximum absolute atomic E-state index is 12.7. The number of aryl methyl sites for hydroxylation is 1. The molecule has 0 atom stereocenters. The fourth-order valence-corrected chi connectivity index (χ4v) is 2.09. The molecule has 0 fully saturated rings. The Morgan fingerprint density at radius 2 is 1.80 bits per heavy atom. The van der Waals surface area contributed by atoms with Gasteiger partial charge >= 0.3 is 6.18 Å². The Labute approximate surface area is 122 Å². The van der Waals surface area contributed by atoms with Crippen LogP contribution in [0.15, 0.2) is 0 Å². The van der Waals surface area contributed by atoms with Crippen LogP contribution in [0.3, 0.4) is 0 Å². The molecule has 0 amide bonds. The zero-order chi connectivity index (χ0) is 15.3. The van der Waals surface area contributed by atoms with E-state index < -0.39 is 12.7 Å². The Hall–Kier alpha value is -1.04. The van der Waals surface area contributed by atoms with Crippen LogP contribution in [-0.2, 0) is 6.42 Å². The van der Waals surface area contributed by atoms with Gasteiger partial charge in [-0.3, -0.25) is 0 Å². The minimum atomic E-state index is -4.27. The van der Waals surface area contributed by atoms with Crippen molar-refractivity contribution in [2.75, 3.05) is 18.0 Å². The summed E-state index contributed by atoms with van der Waals surface area (Å²) in [6.07, 6.45) is -2.27. The molecule has 0 unspecified atom stereocenters. The third-order valence-electron chi connectivity index (χ3n) is 2.74. The first-order chi connectivity index (χ1) is 9.28. The van der Waals surface area contributed by atoms with Gasteiger partial charge in [0.05, 0.1) is 0 Å². The van der Waals surface area contributed by atoms with Gasteiger partial charge in [0.1, 0.15) is 23.3 Å². The Morgan fingerprint density at radius 3 is 2.30 bits per heavy atom. The largest absolute Gasteiger partial charge is 0.405 e. The second-order valence-corrected chi connectivity index (χ2v) is 5.02. The summed E-state index contributed by atoms with van der Waals surface area (Å²) in [6, 6.07) is 0. The van der Waals surface area contributed by atoms with Crippen LogP contribution in [0.4, 0.5) is 19.0 Å². The third kappa shape index (κ3) is 4.81. The molecule has 3 nitrogen and oxygen atoms in total. The van der Waals surface area contributed by atoms with E-state index in [-0.39, 0.29) is 17.5 Å². The van der Waals surface area contributed by atoms with E-state index in [0.717, 1.165) is 6.42 Å². The fourth-order valence-electron chi connectivity index (χ4n) is 1.91. The first-order valence-corrected chi connectivity index (χ1v) is 7.01. The number of aromatic nitrogens is 2. The molecule has 0 aliphatic heterocycles. The van der Waals surface area contributed by atoms with Crippen molar-refractivity contribution in [2.45, 2.75) is 46.2 Å². The summed E-state index contributed by atoms with van der Waals surface area (Å²) < 4.78 is 38.0. The van der Waals surface area contributed by atoms with E-state index in [0.29, 0.717) is 24.2 Å². The highest BCUT2D eigenvalue weighted by molar-refractivity contribution is 6.30. The van der Waals surface area contributed by atoms with Gasteiger partial charge in [-0.15, -0.1) is 0 Å². The predicted octanol–water partition coefficient (Wildman–Crippen LogP) is 4.17. The number of rotatable bonds is 6. The van der Waals surface area contributed by atoms with E-state index >= 15 is 0 Å². The molecule has 114 valence electrons. The molecule has 0 spiro atoms. The average molecular weight is 310 g/mol. The molecular weight excluding hydrogens is 291 g/mol. The SMILES string of the molecule is CCCc1nc(Cl)c(C)c(N(CCC)CC(F)(F)F)n1. The summed E-state index contributed by atoms with van der Waals surface area (Å²) in [6.45, 7) is 4.68. The van der Waals surface area contributed by atoms with E-state index in [1.165, 1.54) is 4.90 Å². The van der Waals surface area contributed by atoms with Crippen molar-refractivity contribution in [1.29, 1.82) is 0 Å². The van der Waals surface area contributed by atoms with E-state index in [1.807, 2.05) is 13.8 Å². The highest BCUT2D eigenvalue weighted by Gasteiger charge is 2.32. The van der Waals surface area contributed by atoms with Crippen LogP contribution in [0.1, 0.15) is 38.1 Å². The molecule has 1 rings (SSSR count). The Kier molecular flexibility index (Phi) is 6.05. The van der Waals surface area contributed by atoms with E-state index in [4.69, 9.17) is 11.6 Å². The van der Waals surface area contributed by atoms with Crippen molar-refractivity contribution in [3.05, 3.63) is 16.5 Å². The molecule has 20 heavy (non-hydrogen) atoms. The van der Waals surface area contributed by atoms with Crippen molar-refractivity contribution in [2.24, 2.45) is 0 Å². The lowest BCUT2D eigenvalue weighted by Gasteiger charge is -2.26. The standard InChI is InChI=1S/C13H19ClF3N3/c1-4-6-10-18-11(14)9(3)12(19-10)20(7-5-2)8-13(15,16)17/h4-8H2,1-3H3. The monoisotopic (exact) mass is 309 g/mol. The smallest absolute Gasteiger partial charge is 0.347 e. The van der Waals surface area contributed by atoms with Crippen LogP contribution in [0, 0.1) is 6.92 Å². The molecule has 1 heterocycles. The van der Waals surface area contributed by atoms with Gasteiger partial charge in [0.2, 0.25) is 0 Å². The van der Waals surface area contributed by atoms with Crippen molar-refractivity contribution in [1.82, 2.24) is 9.97 Å². The Morgan fingerprint density at radius 1 is 1.15 bits per heavy atom. The van der Waals surface area contributed by atoms with E-state index in [9.17, 15) is 13.2 Å². The second kappa shape index (κ2) is 7.11. The van der Waals surface area contributed by atoms with Gasteiger partial charge < -0.3 is 4.90 Å². The minimum absolute atomic E-state index is 0.224. The molecule has 0 N–H and O–H groups in total. The summed E-state index contributed by atoms with van der Waals surface area (Å²) >= 11 is 6.01. The van der Waals surface area contributed by atoms with Gasteiger partial charge in [0.25, 0.3) is 0 Å². The molecule has 0 aromatic carbocycles. The fraction of sp³-hybridized carbons (Fsp3) is 0.692. The number of hydrogen-bond donors (Lipinski definition) is 0. The van der Waals surface area contributed by atoms with Crippen LogP contribution in [0.5, 0.6) is 0 Å². The quantitative estimate of drug-likeness (QED) is 0.739. The lowest BCUT2D eigenvalue weighted by Crippen LogP contribution is -2.36. The molecule has 7 heteroatoms. The predicted molar refractivity (Wildman–Crippen MR) is 74.3 cm³/mol. The van der Waals surface area contributed by atoms with E-state index in [1.54, 1.807) is 6.92 Å². The second-order valence-electron chi connectivity index (χ2n) is 4.67. The molecule has 0 aliphatic rings. The zero-order valence-electron chi connectivity index (χ0n) is 11.9. The lowest BCUT2D eigenvalue weighted by molar-refractivity contribution is -0.119. The van der Waals surface area contributed by atoms with Crippen LogP contribution in [0.25, 0.3) is 0 Å². The molecule has 0 radical (unpaired) electrons. The Bertz CT molecular complexity index is 449. The maximum atomic E-state index is 12.7. The number of nitrogens with zero attached hydrogens (tertiary/aromatic N) is 3. The topological polar surface area (TPSA) is 29.0 Å². The van der Waals surface area contributed by atoms with Crippen molar-refractivity contribution < 1.29 is 13.2 Å². The summed E-state index contributed by atoms with van der Waals surface area (Å²) in [5.41, 5.74) is 0.490. The van der Waals surface area contributed by atoms with Crippen LogP contribution < -0.4 is 4.90 Å². The van der Waals surface area contributed by atoms with Gasteiger partial charge in [-0.1, -0.05) is 25.4 Å². The van der Waals surface area contributed by atoms with Gasteiger partial charge in [0, 0.05) is 18.5 Å². The summed E-state index contributed by atoms with van der Waals surface area (Å²) in [5.74, 6) is 0.772. The number of alkyl halides is 3. The third-order valence-corrected chi connectivity index (χ3v) is 3.11. The highest BCUT2D eigenvalue weighted by Crippen LogP contribution is 2.27.